The maximum Gasteiger partial charge on any atom is 0.154 e. The van der Waals surface area contributed by atoms with Gasteiger partial charge in [-0.25, -0.2) is 14.6 Å². The summed E-state index contributed by atoms with van der Waals surface area (Å²) in [6, 6.07) is 3.74. The van der Waals surface area contributed by atoms with Crippen LogP contribution in [0.4, 0.5) is 0 Å². The minimum atomic E-state index is -0.908. The van der Waals surface area contributed by atoms with Crippen LogP contribution in [-0.2, 0) is 16.0 Å². The van der Waals surface area contributed by atoms with Crippen LogP contribution in [-0.4, -0.2) is 72.6 Å². The highest BCUT2D eigenvalue weighted by atomic mass is 79.9. The minimum absolute atomic E-state index is 0.259. The van der Waals surface area contributed by atoms with Gasteiger partial charge in [0.05, 0.1) is 29.9 Å². The van der Waals surface area contributed by atoms with Crippen molar-refractivity contribution in [2.45, 2.75) is 42.1 Å². The van der Waals surface area contributed by atoms with Crippen LogP contribution in [0.2, 0.25) is 5.15 Å². The van der Waals surface area contributed by atoms with E-state index in [4.69, 9.17) is 26.3 Å². The predicted molar refractivity (Wildman–Crippen MR) is 127 cm³/mol. The molecule has 3 heterocycles. The second-order valence-corrected chi connectivity index (χ2v) is 10.0. The maximum absolute atomic E-state index is 9.98. The monoisotopic (exact) mass is 574 g/mol. The number of ether oxygens (including phenoxy) is 2. The molecule has 33 heavy (non-hydrogen) atoms. The third-order valence-electron chi connectivity index (χ3n) is 4.41. The summed E-state index contributed by atoms with van der Waals surface area (Å²) in [6.07, 6.45) is 0.980. The van der Waals surface area contributed by atoms with E-state index in [-0.39, 0.29) is 18.8 Å². The van der Waals surface area contributed by atoms with Crippen molar-refractivity contribution in [2.75, 3.05) is 13.7 Å². The Balaban J connectivity index is 1.83. The number of hydrogen-bond acceptors (Lipinski definition) is 11. The van der Waals surface area contributed by atoms with Crippen molar-refractivity contribution in [3.05, 3.63) is 39.2 Å². The summed E-state index contributed by atoms with van der Waals surface area (Å²) in [6.45, 7) is 1.43. The van der Waals surface area contributed by atoms with Crippen LogP contribution in [0.25, 0.3) is 10.7 Å². The van der Waals surface area contributed by atoms with E-state index in [9.17, 15) is 10.2 Å². The van der Waals surface area contributed by atoms with E-state index in [1.165, 1.54) is 37.1 Å². The van der Waals surface area contributed by atoms with E-state index in [2.05, 4.69) is 36.2 Å². The molecule has 0 spiro atoms. The Morgan fingerprint density at radius 3 is 2.79 bits per heavy atom. The number of hydrogen-bond donors (Lipinski definition) is 2. The lowest BCUT2D eigenvalue weighted by Gasteiger charge is -2.30. The number of thioether (sulfide) groups is 1. The van der Waals surface area contributed by atoms with E-state index in [0.717, 1.165) is 0 Å². The first kappa shape index (κ1) is 26.0. The van der Waals surface area contributed by atoms with Crippen LogP contribution in [0.5, 0.6) is 0 Å². The molecule has 0 saturated heterocycles. The van der Waals surface area contributed by atoms with E-state index in [1.54, 1.807) is 28.5 Å². The Bertz CT molecular complexity index is 1110. The highest BCUT2D eigenvalue weighted by Crippen LogP contribution is 2.32. The van der Waals surface area contributed by atoms with Crippen LogP contribution < -0.4 is 0 Å². The van der Waals surface area contributed by atoms with Gasteiger partial charge in [-0.3, -0.25) is 0 Å². The van der Waals surface area contributed by atoms with Gasteiger partial charge in [-0.1, -0.05) is 28.6 Å². The van der Waals surface area contributed by atoms with E-state index >= 15 is 0 Å². The van der Waals surface area contributed by atoms with Crippen LogP contribution in [0, 0.1) is 11.3 Å². The van der Waals surface area contributed by atoms with Crippen LogP contribution in [0.3, 0.4) is 0 Å². The van der Waals surface area contributed by atoms with Gasteiger partial charge in [0.2, 0.25) is 0 Å². The molecule has 0 fully saturated rings. The number of methoxy groups -OCH3 is 1. The fourth-order valence-electron chi connectivity index (χ4n) is 2.69. The molecule has 4 atom stereocenters. The zero-order valence-corrected chi connectivity index (χ0v) is 21.5. The summed E-state index contributed by atoms with van der Waals surface area (Å²) < 4.78 is 13.9. The number of pyridine rings is 1. The van der Waals surface area contributed by atoms with Crippen molar-refractivity contribution in [3.63, 3.8) is 0 Å². The molecule has 3 rings (SSSR count). The van der Waals surface area contributed by atoms with Gasteiger partial charge in [0.1, 0.15) is 39.6 Å². The molecule has 2 N–H and O–H groups in total. The van der Waals surface area contributed by atoms with Gasteiger partial charge in [0.25, 0.3) is 0 Å². The fraction of sp³-hybridized carbons (Fsp3) is 0.421. The molecule has 3 aromatic heterocycles. The summed E-state index contributed by atoms with van der Waals surface area (Å²) in [5.41, 5.74) is 0.171. The molecule has 0 amide bonds. The lowest BCUT2D eigenvalue weighted by atomic mass is 10.2. The highest BCUT2D eigenvalue weighted by molar-refractivity contribution is 9.10. The number of halogens is 2. The number of nitrogens with zero attached hydrogens (tertiary/aromatic N) is 6. The van der Waals surface area contributed by atoms with E-state index in [0.29, 0.717) is 25.2 Å². The summed E-state index contributed by atoms with van der Waals surface area (Å²) in [5, 5.41) is 39.8. The van der Waals surface area contributed by atoms with Crippen molar-refractivity contribution < 1.29 is 19.7 Å². The summed E-state index contributed by atoms with van der Waals surface area (Å²) >= 11 is 11.9. The van der Waals surface area contributed by atoms with Gasteiger partial charge in [0, 0.05) is 23.6 Å². The van der Waals surface area contributed by atoms with Gasteiger partial charge >= 0.3 is 0 Å². The van der Waals surface area contributed by atoms with Gasteiger partial charge in [-0.05, 0) is 28.9 Å². The topological polar surface area (TPSA) is 139 Å². The Labute approximate surface area is 211 Å². The summed E-state index contributed by atoms with van der Waals surface area (Å²) in [7, 11) is 1.53. The van der Waals surface area contributed by atoms with E-state index < -0.39 is 23.7 Å². The first-order chi connectivity index (χ1) is 15.8. The molecule has 14 heteroatoms. The molecule has 0 aromatic carbocycles. The highest BCUT2D eigenvalue weighted by Gasteiger charge is 2.30. The average molecular weight is 576 g/mol. The molecule has 0 aliphatic carbocycles. The smallest absolute Gasteiger partial charge is 0.154 e. The van der Waals surface area contributed by atoms with Gasteiger partial charge in [-0.2, -0.15) is 5.26 Å². The van der Waals surface area contributed by atoms with Crippen LogP contribution >= 0.6 is 50.6 Å². The molecule has 2 unspecified atom stereocenters. The van der Waals surface area contributed by atoms with Gasteiger partial charge in [0.15, 0.2) is 5.69 Å². The van der Waals surface area contributed by atoms with E-state index in [1.807, 2.05) is 6.07 Å². The first-order valence-electron chi connectivity index (χ1n) is 9.55. The SMILES string of the molecule is CO[C@@H](Cn1cc(-c2nc(Cl)cs2)nn1)C(OC(CO)[C@@H](C)O)Sc1cnc(C#N)c(Br)c1. The number of aromatic nitrogens is 5. The first-order valence-corrected chi connectivity index (χ1v) is 12.5. The van der Waals surface area contributed by atoms with Crippen LogP contribution in [0.1, 0.15) is 12.6 Å². The number of rotatable bonds is 11. The van der Waals surface area contributed by atoms with Gasteiger partial charge in [-0.15, -0.1) is 16.4 Å². The summed E-state index contributed by atoms with van der Waals surface area (Å²) in [4.78, 5) is 9.02. The third-order valence-corrected chi connectivity index (χ3v) is 7.34. The Morgan fingerprint density at radius 1 is 1.42 bits per heavy atom. The maximum atomic E-state index is 9.98. The van der Waals surface area contributed by atoms with Gasteiger partial charge < -0.3 is 19.7 Å². The van der Waals surface area contributed by atoms with Crippen molar-refractivity contribution in [1.82, 2.24) is 25.0 Å². The Hall–Kier alpha value is -1.63. The third kappa shape index (κ3) is 6.93. The molecule has 0 aliphatic heterocycles. The number of thiazole rings is 1. The molecule has 3 aromatic rings. The van der Waals surface area contributed by atoms with Crippen molar-refractivity contribution in [1.29, 1.82) is 5.26 Å². The second-order valence-electron chi connectivity index (χ2n) is 6.77. The van der Waals surface area contributed by atoms with Crippen LogP contribution in [0.15, 0.2) is 33.2 Å². The van der Waals surface area contributed by atoms with Crippen molar-refractivity contribution >= 4 is 50.6 Å². The number of aliphatic hydroxyl groups excluding tert-OH is 2. The average Bonchev–Trinajstić information content (AvgIpc) is 3.43. The van der Waals surface area contributed by atoms with Crippen molar-refractivity contribution in [3.8, 4) is 16.8 Å². The summed E-state index contributed by atoms with van der Waals surface area (Å²) in [5.74, 6) is 0. The molecule has 10 nitrogen and oxygen atoms in total. The Morgan fingerprint density at radius 2 is 2.21 bits per heavy atom. The molecule has 0 saturated carbocycles. The largest absolute Gasteiger partial charge is 0.394 e. The molecular weight excluding hydrogens is 556 g/mol. The number of nitriles is 1. The molecule has 0 radical (unpaired) electrons. The lowest BCUT2D eigenvalue weighted by molar-refractivity contribution is -0.105. The molecule has 176 valence electrons. The standard InChI is InChI=1S/C19H20BrClN6O4S2/c1-10(29)16(8-28)31-19(33-11-3-12(20)13(4-22)23-5-11)15(30-2)7-27-6-14(25-26-27)18-24-17(21)9-32-18/h3,5-6,9-10,15-16,19,28-29H,7-8H2,1-2H3/t10-,15+,16?,19?/m1/s1. The fourth-order valence-corrected chi connectivity index (χ4v) is 5.29. The predicted octanol–water partition coefficient (Wildman–Crippen LogP) is 2.98. The quantitative estimate of drug-likeness (QED) is 0.259. The molecule has 0 aliphatic rings. The molecule has 0 bridgehead atoms. The van der Waals surface area contributed by atoms with Crippen molar-refractivity contribution in [2.24, 2.45) is 0 Å². The zero-order valence-electron chi connectivity index (χ0n) is 17.5. The zero-order chi connectivity index (χ0) is 24.0. The Kier molecular flexibility index (Phi) is 9.59. The lowest BCUT2D eigenvalue weighted by Crippen LogP contribution is -2.40. The normalized spacial score (nSPS) is 15.1. The molecular formula is C19H20BrClN6O4S2. The number of aliphatic hydroxyl groups is 2. The second kappa shape index (κ2) is 12.2. The minimum Gasteiger partial charge on any atom is -0.394 e.